The highest BCUT2D eigenvalue weighted by molar-refractivity contribution is 5.72. The van der Waals surface area contributed by atoms with E-state index in [1.54, 1.807) is 30.6 Å². The molecular formula is C13H10FNO2. The van der Waals surface area contributed by atoms with Gasteiger partial charge in [-0.1, -0.05) is 12.1 Å². The SMILES string of the molecule is O=C(O)Cc1cc(-c2cccnc2)ccc1F. The Morgan fingerprint density at radius 2 is 2.12 bits per heavy atom. The summed E-state index contributed by atoms with van der Waals surface area (Å²) in [5.74, 6) is -1.55. The first-order valence-corrected chi connectivity index (χ1v) is 5.07. The molecule has 0 bridgehead atoms. The molecule has 0 aliphatic carbocycles. The Bertz CT molecular complexity index is 540. The van der Waals surface area contributed by atoms with Gasteiger partial charge in [-0.05, 0) is 34.9 Å². The maximum absolute atomic E-state index is 13.4. The van der Waals surface area contributed by atoms with Crippen LogP contribution < -0.4 is 0 Å². The first-order chi connectivity index (χ1) is 8.16. The second-order valence-corrected chi connectivity index (χ2v) is 3.62. The number of rotatable bonds is 3. The standard InChI is InChI=1S/C13H10FNO2/c14-12-4-3-9(6-11(12)7-13(16)17)10-2-1-5-15-8-10/h1-6,8H,7H2,(H,16,17). The number of aliphatic carboxylic acids is 1. The van der Waals surface area contributed by atoms with Crippen molar-refractivity contribution in [2.45, 2.75) is 6.42 Å². The third-order valence-corrected chi connectivity index (χ3v) is 2.38. The van der Waals surface area contributed by atoms with Gasteiger partial charge in [-0.15, -0.1) is 0 Å². The van der Waals surface area contributed by atoms with Crippen molar-refractivity contribution < 1.29 is 14.3 Å². The predicted octanol–water partition coefficient (Wildman–Crippen LogP) is 2.51. The van der Waals surface area contributed by atoms with E-state index in [9.17, 15) is 9.18 Å². The molecule has 4 heteroatoms. The van der Waals surface area contributed by atoms with Gasteiger partial charge >= 0.3 is 5.97 Å². The zero-order valence-electron chi connectivity index (χ0n) is 8.93. The Morgan fingerprint density at radius 3 is 2.76 bits per heavy atom. The molecule has 0 unspecified atom stereocenters. The molecule has 0 amide bonds. The second-order valence-electron chi connectivity index (χ2n) is 3.62. The third kappa shape index (κ3) is 2.66. The quantitative estimate of drug-likeness (QED) is 0.883. The van der Waals surface area contributed by atoms with E-state index < -0.39 is 11.8 Å². The van der Waals surface area contributed by atoms with E-state index in [0.29, 0.717) is 0 Å². The number of hydrogen-bond donors (Lipinski definition) is 1. The summed E-state index contributed by atoms with van der Waals surface area (Å²) < 4.78 is 13.4. The Hall–Kier alpha value is -2.23. The molecule has 0 radical (unpaired) electrons. The lowest BCUT2D eigenvalue weighted by Crippen LogP contribution is -2.02. The van der Waals surface area contributed by atoms with Gasteiger partial charge in [0.2, 0.25) is 0 Å². The molecule has 0 saturated carbocycles. The third-order valence-electron chi connectivity index (χ3n) is 2.38. The maximum Gasteiger partial charge on any atom is 0.307 e. The number of aromatic nitrogens is 1. The monoisotopic (exact) mass is 231 g/mol. The van der Waals surface area contributed by atoms with Gasteiger partial charge in [0.25, 0.3) is 0 Å². The van der Waals surface area contributed by atoms with Crippen LogP contribution in [0.25, 0.3) is 11.1 Å². The number of carboxylic acid groups (broad SMARTS) is 1. The van der Waals surface area contributed by atoms with Gasteiger partial charge in [0.15, 0.2) is 0 Å². The molecule has 17 heavy (non-hydrogen) atoms. The summed E-state index contributed by atoms with van der Waals surface area (Å²) in [6, 6.07) is 8.04. The fourth-order valence-electron chi connectivity index (χ4n) is 1.59. The van der Waals surface area contributed by atoms with Crippen molar-refractivity contribution in [3.05, 3.63) is 54.1 Å². The molecule has 2 aromatic rings. The summed E-state index contributed by atoms with van der Waals surface area (Å²) >= 11 is 0. The minimum atomic E-state index is -1.05. The number of carbonyl (C=O) groups is 1. The number of halogens is 1. The van der Waals surface area contributed by atoms with Gasteiger partial charge in [0, 0.05) is 12.4 Å². The summed E-state index contributed by atoms with van der Waals surface area (Å²) in [6.45, 7) is 0. The van der Waals surface area contributed by atoms with Crippen LogP contribution in [-0.4, -0.2) is 16.1 Å². The number of carboxylic acids is 1. The molecule has 1 N–H and O–H groups in total. The van der Waals surface area contributed by atoms with E-state index in [-0.39, 0.29) is 12.0 Å². The molecule has 86 valence electrons. The molecule has 0 aliphatic heterocycles. The minimum absolute atomic E-state index is 0.179. The van der Waals surface area contributed by atoms with Crippen LogP contribution in [0.3, 0.4) is 0 Å². The smallest absolute Gasteiger partial charge is 0.307 e. The van der Waals surface area contributed by atoms with E-state index in [0.717, 1.165) is 11.1 Å². The molecule has 0 saturated heterocycles. The maximum atomic E-state index is 13.4. The fraction of sp³-hybridized carbons (Fsp3) is 0.0769. The van der Waals surface area contributed by atoms with Crippen molar-refractivity contribution in [1.82, 2.24) is 4.98 Å². The van der Waals surface area contributed by atoms with Crippen molar-refractivity contribution >= 4 is 5.97 Å². The van der Waals surface area contributed by atoms with Gasteiger partial charge in [-0.3, -0.25) is 9.78 Å². The van der Waals surface area contributed by atoms with Crippen LogP contribution in [-0.2, 0) is 11.2 Å². The van der Waals surface area contributed by atoms with E-state index >= 15 is 0 Å². The largest absolute Gasteiger partial charge is 0.481 e. The zero-order valence-corrected chi connectivity index (χ0v) is 8.93. The van der Waals surface area contributed by atoms with E-state index in [4.69, 9.17) is 5.11 Å². The summed E-state index contributed by atoms with van der Waals surface area (Å²) in [6.07, 6.45) is 2.98. The van der Waals surface area contributed by atoms with Gasteiger partial charge < -0.3 is 5.11 Å². The van der Waals surface area contributed by atoms with Crippen LogP contribution in [0.5, 0.6) is 0 Å². The van der Waals surface area contributed by atoms with Crippen molar-refractivity contribution in [1.29, 1.82) is 0 Å². The van der Waals surface area contributed by atoms with Crippen LogP contribution in [0.4, 0.5) is 4.39 Å². The van der Waals surface area contributed by atoms with Crippen LogP contribution in [0.2, 0.25) is 0 Å². The Kier molecular flexibility index (Phi) is 3.14. The van der Waals surface area contributed by atoms with Crippen LogP contribution in [0, 0.1) is 5.82 Å². The highest BCUT2D eigenvalue weighted by atomic mass is 19.1. The van der Waals surface area contributed by atoms with Crippen LogP contribution in [0.1, 0.15) is 5.56 Å². The molecule has 0 fully saturated rings. The number of benzene rings is 1. The Balaban J connectivity index is 2.41. The normalized spacial score (nSPS) is 10.2. The summed E-state index contributed by atoms with van der Waals surface area (Å²) in [5.41, 5.74) is 1.77. The van der Waals surface area contributed by atoms with Crippen LogP contribution >= 0.6 is 0 Å². The summed E-state index contributed by atoms with van der Waals surface area (Å²) in [4.78, 5) is 14.6. The van der Waals surface area contributed by atoms with Crippen LogP contribution in [0.15, 0.2) is 42.7 Å². The van der Waals surface area contributed by atoms with E-state index in [2.05, 4.69) is 4.98 Å². The lowest BCUT2D eigenvalue weighted by atomic mass is 10.0. The highest BCUT2D eigenvalue weighted by Gasteiger charge is 2.08. The Labute approximate surface area is 97.6 Å². The molecule has 0 atom stereocenters. The van der Waals surface area contributed by atoms with Gasteiger partial charge in [-0.2, -0.15) is 0 Å². The lowest BCUT2D eigenvalue weighted by Gasteiger charge is -2.05. The number of hydrogen-bond acceptors (Lipinski definition) is 2. The van der Waals surface area contributed by atoms with Crippen molar-refractivity contribution in [2.24, 2.45) is 0 Å². The van der Waals surface area contributed by atoms with Gasteiger partial charge in [0.1, 0.15) is 5.82 Å². The Morgan fingerprint density at radius 1 is 1.29 bits per heavy atom. The van der Waals surface area contributed by atoms with E-state index in [1.165, 1.54) is 6.07 Å². The topological polar surface area (TPSA) is 50.2 Å². The number of pyridine rings is 1. The average molecular weight is 231 g/mol. The predicted molar refractivity (Wildman–Crippen MR) is 61.0 cm³/mol. The molecular weight excluding hydrogens is 221 g/mol. The van der Waals surface area contributed by atoms with Gasteiger partial charge in [0.05, 0.1) is 6.42 Å². The van der Waals surface area contributed by atoms with E-state index in [1.807, 2.05) is 6.07 Å². The van der Waals surface area contributed by atoms with Crippen molar-refractivity contribution in [2.75, 3.05) is 0 Å². The average Bonchev–Trinajstić information content (AvgIpc) is 2.32. The molecule has 0 spiro atoms. The molecule has 1 heterocycles. The molecule has 1 aromatic heterocycles. The second kappa shape index (κ2) is 4.74. The highest BCUT2D eigenvalue weighted by Crippen LogP contribution is 2.21. The summed E-state index contributed by atoms with van der Waals surface area (Å²) in [5, 5.41) is 8.67. The summed E-state index contributed by atoms with van der Waals surface area (Å²) in [7, 11) is 0. The fourth-order valence-corrected chi connectivity index (χ4v) is 1.59. The van der Waals surface area contributed by atoms with Crippen molar-refractivity contribution in [3.8, 4) is 11.1 Å². The molecule has 2 rings (SSSR count). The molecule has 0 aliphatic rings. The zero-order chi connectivity index (χ0) is 12.3. The first kappa shape index (κ1) is 11.3. The van der Waals surface area contributed by atoms with Gasteiger partial charge in [-0.25, -0.2) is 4.39 Å². The molecule has 3 nitrogen and oxygen atoms in total. The molecule has 1 aromatic carbocycles. The first-order valence-electron chi connectivity index (χ1n) is 5.07. The lowest BCUT2D eigenvalue weighted by molar-refractivity contribution is -0.136. The number of nitrogens with zero attached hydrogens (tertiary/aromatic N) is 1. The van der Waals surface area contributed by atoms with Crippen molar-refractivity contribution in [3.63, 3.8) is 0 Å². The minimum Gasteiger partial charge on any atom is -0.481 e.